The smallest absolute Gasteiger partial charge is 0.273 e. The summed E-state index contributed by atoms with van der Waals surface area (Å²) >= 11 is 1.52. The first-order chi connectivity index (χ1) is 11.5. The van der Waals surface area contributed by atoms with E-state index in [1.165, 1.54) is 11.3 Å². The number of aromatic nitrogens is 3. The SMILES string of the molecule is CCCc1nc(C(=O)N2CCc3c(nc(N(C)C)[nH]c3=O)C2)cs1. The lowest BCUT2D eigenvalue weighted by molar-refractivity contribution is 0.0726. The summed E-state index contributed by atoms with van der Waals surface area (Å²) < 4.78 is 0. The lowest BCUT2D eigenvalue weighted by Gasteiger charge is -2.27. The highest BCUT2D eigenvalue weighted by atomic mass is 32.1. The van der Waals surface area contributed by atoms with Gasteiger partial charge in [-0.25, -0.2) is 9.97 Å². The van der Waals surface area contributed by atoms with Gasteiger partial charge in [-0.2, -0.15) is 0 Å². The molecule has 7 nitrogen and oxygen atoms in total. The number of hydrogen-bond donors (Lipinski definition) is 1. The summed E-state index contributed by atoms with van der Waals surface area (Å²) in [5.41, 5.74) is 1.72. The van der Waals surface area contributed by atoms with E-state index in [4.69, 9.17) is 0 Å². The normalized spacial score (nSPS) is 13.7. The fourth-order valence-electron chi connectivity index (χ4n) is 2.71. The van der Waals surface area contributed by atoms with Crippen molar-refractivity contribution < 1.29 is 4.79 Å². The Labute approximate surface area is 144 Å². The van der Waals surface area contributed by atoms with Crippen LogP contribution in [-0.4, -0.2) is 46.4 Å². The second-order valence-electron chi connectivity index (χ2n) is 6.06. The average molecular weight is 347 g/mol. The predicted octanol–water partition coefficient (Wildman–Crippen LogP) is 1.44. The number of rotatable bonds is 4. The largest absolute Gasteiger partial charge is 0.348 e. The van der Waals surface area contributed by atoms with Gasteiger partial charge in [0.2, 0.25) is 5.95 Å². The zero-order chi connectivity index (χ0) is 17.3. The molecule has 1 aliphatic heterocycles. The van der Waals surface area contributed by atoms with Gasteiger partial charge in [-0.3, -0.25) is 14.6 Å². The number of fused-ring (bicyclic) bond motifs is 1. The second-order valence-corrected chi connectivity index (χ2v) is 7.01. The van der Waals surface area contributed by atoms with E-state index in [9.17, 15) is 9.59 Å². The van der Waals surface area contributed by atoms with Crippen molar-refractivity contribution in [3.05, 3.63) is 37.7 Å². The van der Waals surface area contributed by atoms with E-state index in [0.29, 0.717) is 42.4 Å². The van der Waals surface area contributed by atoms with Crippen LogP contribution in [0.5, 0.6) is 0 Å². The Morgan fingerprint density at radius 2 is 2.21 bits per heavy atom. The van der Waals surface area contributed by atoms with Crippen LogP contribution >= 0.6 is 11.3 Å². The van der Waals surface area contributed by atoms with E-state index in [1.54, 1.807) is 9.80 Å². The molecule has 0 spiro atoms. The first-order valence-electron chi connectivity index (χ1n) is 8.02. The van der Waals surface area contributed by atoms with Crippen molar-refractivity contribution >= 4 is 23.2 Å². The highest BCUT2D eigenvalue weighted by Crippen LogP contribution is 2.19. The van der Waals surface area contributed by atoms with Gasteiger partial charge in [0.1, 0.15) is 5.69 Å². The number of carbonyl (C=O) groups is 1. The van der Waals surface area contributed by atoms with Crippen LogP contribution in [0.3, 0.4) is 0 Å². The lowest BCUT2D eigenvalue weighted by atomic mass is 10.1. The number of aromatic amines is 1. The molecule has 1 aliphatic rings. The number of anilines is 1. The number of aryl methyl sites for hydroxylation is 1. The molecule has 1 N–H and O–H groups in total. The molecule has 0 saturated heterocycles. The minimum Gasteiger partial charge on any atom is -0.348 e. The van der Waals surface area contributed by atoms with Crippen LogP contribution in [-0.2, 0) is 19.4 Å². The van der Waals surface area contributed by atoms with Gasteiger partial charge >= 0.3 is 0 Å². The number of nitrogens with zero attached hydrogens (tertiary/aromatic N) is 4. The molecule has 0 saturated carbocycles. The average Bonchev–Trinajstić information content (AvgIpc) is 3.02. The van der Waals surface area contributed by atoms with Crippen LogP contribution in [0.1, 0.15) is 40.1 Å². The van der Waals surface area contributed by atoms with Crippen LogP contribution < -0.4 is 10.5 Å². The molecule has 0 atom stereocenters. The van der Waals surface area contributed by atoms with Crippen molar-refractivity contribution in [2.24, 2.45) is 0 Å². The van der Waals surface area contributed by atoms with Crippen molar-refractivity contribution in [3.8, 4) is 0 Å². The number of H-pyrrole nitrogens is 1. The molecule has 0 bridgehead atoms. The third-order valence-corrected chi connectivity index (χ3v) is 4.92. The topological polar surface area (TPSA) is 82.2 Å². The van der Waals surface area contributed by atoms with Crippen LogP contribution in [0.15, 0.2) is 10.2 Å². The molecule has 1 amide bonds. The van der Waals surface area contributed by atoms with Gasteiger partial charge in [0.15, 0.2) is 0 Å². The van der Waals surface area contributed by atoms with Crippen LogP contribution in [0, 0.1) is 0 Å². The van der Waals surface area contributed by atoms with Gasteiger partial charge in [0.25, 0.3) is 11.5 Å². The maximum Gasteiger partial charge on any atom is 0.273 e. The first-order valence-corrected chi connectivity index (χ1v) is 8.90. The van der Waals surface area contributed by atoms with Gasteiger partial charge in [-0.15, -0.1) is 11.3 Å². The number of amides is 1. The summed E-state index contributed by atoms with van der Waals surface area (Å²) in [5, 5.41) is 2.81. The highest BCUT2D eigenvalue weighted by Gasteiger charge is 2.26. The van der Waals surface area contributed by atoms with Gasteiger partial charge in [-0.05, 0) is 19.3 Å². The molecule has 2 aromatic heterocycles. The van der Waals surface area contributed by atoms with Gasteiger partial charge in [0.05, 0.1) is 17.2 Å². The second kappa shape index (κ2) is 6.72. The molecular formula is C16H21N5O2S. The molecule has 0 radical (unpaired) electrons. The Morgan fingerprint density at radius 3 is 2.92 bits per heavy atom. The number of thiazole rings is 1. The van der Waals surface area contributed by atoms with E-state index < -0.39 is 0 Å². The molecule has 2 aromatic rings. The molecule has 0 unspecified atom stereocenters. The van der Waals surface area contributed by atoms with Crippen LogP contribution in [0.2, 0.25) is 0 Å². The van der Waals surface area contributed by atoms with Gasteiger partial charge in [-0.1, -0.05) is 6.92 Å². The van der Waals surface area contributed by atoms with Gasteiger partial charge in [0, 0.05) is 31.6 Å². The summed E-state index contributed by atoms with van der Waals surface area (Å²) in [4.78, 5) is 40.0. The summed E-state index contributed by atoms with van der Waals surface area (Å²) in [6.45, 7) is 2.95. The number of carbonyl (C=O) groups excluding carboxylic acids is 1. The number of hydrogen-bond acceptors (Lipinski definition) is 6. The van der Waals surface area contributed by atoms with Gasteiger partial charge < -0.3 is 9.80 Å². The Kier molecular flexibility index (Phi) is 4.66. The zero-order valence-electron chi connectivity index (χ0n) is 14.1. The summed E-state index contributed by atoms with van der Waals surface area (Å²) in [7, 11) is 3.64. The molecule has 0 aliphatic carbocycles. The van der Waals surface area contributed by atoms with Crippen LogP contribution in [0.25, 0.3) is 0 Å². The molecule has 0 aromatic carbocycles. The summed E-state index contributed by atoms with van der Waals surface area (Å²) in [6, 6.07) is 0. The van der Waals surface area contributed by atoms with Crippen molar-refractivity contribution in [1.82, 2.24) is 19.9 Å². The summed E-state index contributed by atoms with van der Waals surface area (Å²) in [5.74, 6) is 0.416. The maximum atomic E-state index is 12.7. The van der Waals surface area contributed by atoms with E-state index in [1.807, 2.05) is 19.5 Å². The van der Waals surface area contributed by atoms with Crippen molar-refractivity contribution in [1.29, 1.82) is 0 Å². The first kappa shape index (κ1) is 16.6. The molecule has 3 heterocycles. The quantitative estimate of drug-likeness (QED) is 0.905. The Bertz CT molecular complexity index is 811. The van der Waals surface area contributed by atoms with Crippen LogP contribution in [0.4, 0.5) is 5.95 Å². The molecular weight excluding hydrogens is 326 g/mol. The van der Waals surface area contributed by atoms with E-state index >= 15 is 0 Å². The van der Waals surface area contributed by atoms with E-state index in [0.717, 1.165) is 17.8 Å². The van der Waals surface area contributed by atoms with Crippen molar-refractivity contribution in [3.63, 3.8) is 0 Å². The van der Waals surface area contributed by atoms with Crippen molar-refractivity contribution in [2.75, 3.05) is 25.5 Å². The highest BCUT2D eigenvalue weighted by molar-refractivity contribution is 7.09. The summed E-state index contributed by atoms with van der Waals surface area (Å²) in [6.07, 6.45) is 2.42. The molecule has 0 fully saturated rings. The predicted molar refractivity (Wildman–Crippen MR) is 93.7 cm³/mol. The molecule has 8 heteroatoms. The monoisotopic (exact) mass is 347 g/mol. The fraction of sp³-hybridized carbons (Fsp3) is 0.500. The molecule has 128 valence electrons. The minimum atomic E-state index is -0.116. The zero-order valence-corrected chi connectivity index (χ0v) is 14.9. The maximum absolute atomic E-state index is 12.7. The Hall–Kier alpha value is -2.22. The Balaban J connectivity index is 1.83. The Morgan fingerprint density at radius 1 is 1.42 bits per heavy atom. The lowest BCUT2D eigenvalue weighted by Crippen LogP contribution is -2.39. The van der Waals surface area contributed by atoms with E-state index in [2.05, 4.69) is 21.9 Å². The fourth-order valence-corrected chi connectivity index (χ4v) is 3.59. The number of nitrogens with one attached hydrogen (secondary N) is 1. The minimum absolute atomic E-state index is 0.0901. The van der Waals surface area contributed by atoms with Crippen molar-refractivity contribution in [2.45, 2.75) is 32.7 Å². The standard InChI is InChI=1S/C16H21N5O2S/c1-4-5-13-17-12(9-24-13)15(23)21-7-6-10-11(8-21)18-16(20(2)3)19-14(10)22/h9H,4-8H2,1-3H3,(H,18,19,22). The third-order valence-electron chi connectivity index (χ3n) is 4.01. The van der Waals surface area contributed by atoms with E-state index in [-0.39, 0.29) is 11.5 Å². The molecule has 3 rings (SSSR count). The molecule has 24 heavy (non-hydrogen) atoms. The third kappa shape index (κ3) is 3.19.